The van der Waals surface area contributed by atoms with Crippen LogP contribution in [-0.2, 0) is 5.41 Å². The van der Waals surface area contributed by atoms with Crippen LogP contribution in [0.1, 0.15) is 25.0 Å². The molecule has 0 spiro atoms. The summed E-state index contributed by atoms with van der Waals surface area (Å²) in [6.07, 6.45) is 0. The first kappa shape index (κ1) is 25.9. The highest BCUT2D eigenvalue weighted by atomic mass is 16.3. The second kappa shape index (κ2) is 9.70. The van der Waals surface area contributed by atoms with Gasteiger partial charge in [0.15, 0.2) is 0 Å². The number of hydrogen-bond acceptors (Lipinski definition) is 2. The molecule has 0 bridgehead atoms. The smallest absolute Gasteiger partial charge is 0.145 e. The summed E-state index contributed by atoms with van der Waals surface area (Å²) >= 11 is 0. The minimum atomic E-state index is -0.0660. The molecule has 0 saturated heterocycles. The van der Waals surface area contributed by atoms with Gasteiger partial charge in [0.2, 0.25) is 0 Å². The molecular weight excluding hydrogens is 546 g/mol. The van der Waals surface area contributed by atoms with Crippen LogP contribution >= 0.6 is 0 Å². The molecule has 0 unspecified atom stereocenters. The molecule has 1 aliphatic carbocycles. The summed E-state index contributed by atoms with van der Waals surface area (Å²) < 4.78 is 6.85. The van der Waals surface area contributed by atoms with E-state index < -0.39 is 0 Å². The van der Waals surface area contributed by atoms with Crippen LogP contribution in [0.5, 0.6) is 0 Å². The highest BCUT2D eigenvalue weighted by molar-refractivity contribution is 6.18. The van der Waals surface area contributed by atoms with Crippen molar-refractivity contribution in [2.75, 3.05) is 5.32 Å². The lowest BCUT2D eigenvalue weighted by molar-refractivity contribution is 0.660. The summed E-state index contributed by atoms with van der Waals surface area (Å²) in [5, 5.41) is 8.39. The largest absolute Gasteiger partial charge is 0.455 e. The SMILES string of the molecule is CC1(C)c2ccccc2-c2ccc(Nc3ccc4c(oc5c6ccccc6ccc45)c3-c3ccc(-c4ccccc4)cc3)cc21. The van der Waals surface area contributed by atoms with Crippen molar-refractivity contribution in [3.05, 3.63) is 157 Å². The van der Waals surface area contributed by atoms with Gasteiger partial charge in [-0.05, 0) is 74.7 Å². The zero-order valence-corrected chi connectivity index (χ0v) is 25.3. The van der Waals surface area contributed by atoms with Crippen LogP contribution in [-0.4, -0.2) is 0 Å². The number of hydrogen-bond donors (Lipinski definition) is 1. The van der Waals surface area contributed by atoms with E-state index in [1.54, 1.807) is 0 Å². The Hall–Kier alpha value is -5.60. The second-order valence-corrected chi connectivity index (χ2v) is 12.6. The summed E-state index contributed by atoms with van der Waals surface area (Å²) in [4.78, 5) is 0. The number of benzene rings is 7. The van der Waals surface area contributed by atoms with Gasteiger partial charge in [0.1, 0.15) is 11.2 Å². The lowest BCUT2D eigenvalue weighted by atomic mass is 9.82. The van der Waals surface area contributed by atoms with Crippen molar-refractivity contribution in [3.63, 3.8) is 0 Å². The highest BCUT2D eigenvalue weighted by Gasteiger charge is 2.35. The van der Waals surface area contributed by atoms with Gasteiger partial charge in [-0.25, -0.2) is 0 Å². The first-order chi connectivity index (χ1) is 22.1. The molecule has 0 radical (unpaired) electrons. The highest BCUT2D eigenvalue weighted by Crippen LogP contribution is 2.50. The van der Waals surface area contributed by atoms with Gasteiger partial charge < -0.3 is 9.73 Å². The molecule has 1 heterocycles. The van der Waals surface area contributed by atoms with Crippen molar-refractivity contribution in [1.82, 2.24) is 0 Å². The number of nitrogens with one attached hydrogen (secondary N) is 1. The van der Waals surface area contributed by atoms with Crippen molar-refractivity contribution in [2.45, 2.75) is 19.3 Å². The van der Waals surface area contributed by atoms with Crippen LogP contribution in [0.2, 0.25) is 0 Å². The standard InChI is InChI=1S/C43H31NO/c1-43(2)37-15-9-8-14-33(37)34-23-21-31(26-38(34)43)44-39-25-24-36-35-22-20-29-12-6-7-13-32(29)41(35)45-42(36)40(39)30-18-16-28(17-19-30)27-10-4-3-5-11-27/h3-26,44H,1-2H3. The average Bonchev–Trinajstić information content (AvgIpc) is 3.58. The van der Waals surface area contributed by atoms with Gasteiger partial charge >= 0.3 is 0 Å². The fraction of sp³-hybridized carbons (Fsp3) is 0.0698. The van der Waals surface area contributed by atoms with Crippen LogP contribution < -0.4 is 5.32 Å². The predicted octanol–water partition coefficient (Wildman–Crippen LogP) is 12.1. The van der Waals surface area contributed by atoms with Crippen LogP contribution in [0.25, 0.3) is 66.1 Å². The van der Waals surface area contributed by atoms with E-state index in [0.717, 1.165) is 49.8 Å². The van der Waals surface area contributed by atoms with Gasteiger partial charge in [0.05, 0.1) is 5.69 Å². The Morgan fingerprint density at radius 2 is 1.16 bits per heavy atom. The van der Waals surface area contributed by atoms with Gasteiger partial charge in [0, 0.05) is 32.8 Å². The van der Waals surface area contributed by atoms with Crippen molar-refractivity contribution >= 4 is 44.1 Å². The number of rotatable bonds is 4. The minimum absolute atomic E-state index is 0.0660. The first-order valence-corrected chi connectivity index (χ1v) is 15.6. The van der Waals surface area contributed by atoms with E-state index >= 15 is 0 Å². The number of furan rings is 1. The molecule has 0 fully saturated rings. The molecule has 2 nitrogen and oxygen atoms in total. The Bertz CT molecular complexity index is 2410. The summed E-state index contributed by atoms with van der Waals surface area (Å²) in [5.74, 6) is 0. The zero-order chi connectivity index (χ0) is 30.1. The maximum atomic E-state index is 6.85. The van der Waals surface area contributed by atoms with Crippen LogP contribution in [0, 0.1) is 0 Å². The maximum absolute atomic E-state index is 6.85. The molecule has 1 N–H and O–H groups in total. The monoisotopic (exact) mass is 577 g/mol. The van der Waals surface area contributed by atoms with Crippen molar-refractivity contribution in [1.29, 1.82) is 0 Å². The first-order valence-electron chi connectivity index (χ1n) is 15.6. The van der Waals surface area contributed by atoms with Crippen LogP contribution in [0.4, 0.5) is 11.4 Å². The number of fused-ring (bicyclic) bond motifs is 8. The Morgan fingerprint density at radius 1 is 0.489 bits per heavy atom. The third-order valence-electron chi connectivity index (χ3n) is 9.67. The molecule has 1 aliphatic rings. The van der Waals surface area contributed by atoms with E-state index in [1.165, 1.54) is 38.8 Å². The molecule has 7 aromatic carbocycles. The van der Waals surface area contributed by atoms with Crippen molar-refractivity contribution < 1.29 is 4.42 Å². The Balaban J connectivity index is 1.23. The average molecular weight is 578 g/mol. The molecule has 1 aromatic heterocycles. The Kier molecular flexibility index (Phi) is 5.58. The van der Waals surface area contributed by atoms with Gasteiger partial charge in [-0.2, -0.15) is 0 Å². The third-order valence-corrected chi connectivity index (χ3v) is 9.67. The molecule has 9 rings (SSSR count). The molecule has 0 atom stereocenters. The zero-order valence-electron chi connectivity index (χ0n) is 25.3. The van der Waals surface area contributed by atoms with Gasteiger partial charge in [-0.15, -0.1) is 0 Å². The topological polar surface area (TPSA) is 25.2 Å². The van der Waals surface area contributed by atoms with E-state index in [-0.39, 0.29) is 5.41 Å². The van der Waals surface area contributed by atoms with Crippen LogP contribution in [0.3, 0.4) is 0 Å². The van der Waals surface area contributed by atoms with E-state index in [1.807, 2.05) is 0 Å². The van der Waals surface area contributed by atoms with Gasteiger partial charge in [-0.3, -0.25) is 0 Å². The van der Waals surface area contributed by atoms with E-state index in [4.69, 9.17) is 4.42 Å². The van der Waals surface area contributed by atoms with E-state index in [0.29, 0.717) is 0 Å². The fourth-order valence-corrected chi connectivity index (χ4v) is 7.36. The molecule has 214 valence electrons. The minimum Gasteiger partial charge on any atom is -0.455 e. The van der Waals surface area contributed by atoms with E-state index in [2.05, 4.69) is 165 Å². The Labute approximate surface area is 262 Å². The summed E-state index contributed by atoms with van der Waals surface area (Å²) in [6.45, 7) is 4.65. The van der Waals surface area contributed by atoms with E-state index in [9.17, 15) is 0 Å². The normalized spacial score (nSPS) is 13.3. The molecule has 45 heavy (non-hydrogen) atoms. The van der Waals surface area contributed by atoms with Gasteiger partial charge in [0.25, 0.3) is 0 Å². The second-order valence-electron chi connectivity index (χ2n) is 12.6. The predicted molar refractivity (Wildman–Crippen MR) is 189 cm³/mol. The summed E-state index contributed by atoms with van der Waals surface area (Å²) in [5.41, 5.74) is 13.8. The fourth-order valence-electron chi connectivity index (χ4n) is 7.36. The molecule has 0 amide bonds. The maximum Gasteiger partial charge on any atom is 0.145 e. The summed E-state index contributed by atoms with van der Waals surface area (Å²) in [6, 6.07) is 52.2. The van der Waals surface area contributed by atoms with Crippen LogP contribution in [0.15, 0.2) is 150 Å². The lowest BCUT2D eigenvalue weighted by Crippen LogP contribution is -2.15. The van der Waals surface area contributed by atoms with Gasteiger partial charge in [-0.1, -0.05) is 129 Å². The molecule has 0 aliphatic heterocycles. The third kappa shape index (κ3) is 3.96. The quantitative estimate of drug-likeness (QED) is 0.225. The number of anilines is 2. The lowest BCUT2D eigenvalue weighted by Gasteiger charge is -2.22. The molecule has 2 heteroatoms. The molecule has 0 saturated carbocycles. The molecular formula is C43H31NO. The molecule has 8 aromatic rings. The Morgan fingerprint density at radius 3 is 2.02 bits per heavy atom. The van der Waals surface area contributed by atoms with Crippen molar-refractivity contribution in [2.24, 2.45) is 0 Å². The van der Waals surface area contributed by atoms with Crippen molar-refractivity contribution in [3.8, 4) is 33.4 Å². The summed E-state index contributed by atoms with van der Waals surface area (Å²) in [7, 11) is 0.